The summed E-state index contributed by atoms with van der Waals surface area (Å²) in [6.45, 7) is 3.83. The largest absolute Gasteiger partial charge is 0.349 e. The van der Waals surface area contributed by atoms with Gasteiger partial charge in [-0.15, -0.1) is 0 Å². The van der Waals surface area contributed by atoms with E-state index in [1.165, 1.54) is 0 Å². The first-order chi connectivity index (χ1) is 4.34. The molecule has 1 amide bonds. The Morgan fingerprint density at radius 1 is 1.50 bits per heavy atom. The van der Waals surface area contributed by atoms with Crippen LogP contribution in [0.4, 0.5) is 8.78 Å². The first-order valence-electron chi connectivity index (χ1n) is 3.03. The van der Waals surface area contributed by atoms with E-state index in [0.29, 0.717) is 6.92 Å². The predicted octanol–water partition coefficient (Wildman–Crippen LogP) is 1.17. The molecular weight excluding hydrogens is 140 g/mol. The van der Waals surface area contributed by atoms with Gasteiger partial charge in [-0.05, 0) is 13.8 Å². The van der Waals surface area contributed by atoms with Gasteiger partial charge in [-0.25, -0.2) is 0 Å². The standard InChI is InChI=1S/C6H11F2NO/c1-4(2)9-5(10)6(3,7)8/h4H,1-3H3,(H,9,10). The van der Waals surface area contributed by atoms with E-state index in [1.54, 1.807) is 13.8 Å². The molecule has 2 nitrogen and oxygen atoms in total. The van der Waals surface area contributed by atoms with Crippen molar-refractivity contribution in [2.24, 2.45) is 0 Å². The molecule has 0 aromatic carbocycles. The Morgan fingerprint density at radius 2 is 1.90 bits per heavy atom. The van der Waals surface area contributed by atoms with Crippen molar-refractivity contribution >= 4 is 5.91 Å². The zero-order chi connectivity index (χ0) is 8.36. The molecule has 0 unspecified atom stereocenters. The SMILES string of the molecule is CC(C)NC(=O)C(C)(F)F. The normalized spacial score (nSPS) is 11.8. The van der Waals surface area contributed by atoms with Crippen LogP contribution >= 0.6 is 0 Å². The number of amides is 1. The molecule has 0 aromatic rings. The summed E-state index contributed by atoms with van der Waals surface area (Å²) in [6, 6.07) is -0.238. The molecule has 0 spiro atoms. The minimum atomic E-state index is -3.26. The van der Waals surface area contributed by atoms with Crippen LogP contribution in [0.1, 0.15) is 20.8 Å². The van der Waals surface area contributed by atoms with Crippen molar-refractivity contribution in [3.05, 3.63) is 0 Å². The molecule has 0 heterocycles. The molecular formula is C6H11F2NO. The maximum atomic E-state index is 12.1. The molecule has 60 valence electrons. The van der Waals surface area contributed by atoms with Gasteiger partial charge >= 0.3 is 5.92 Å². The lowest BCUT2D eigenvalue weighted by Crippen LogP contribution is -2.41. The van der Waals surface area contributed by atoms with Gasteiger partial charge in [-0.3, -0.25) is 4.79 Å². The lowest BCUT2D eigenvalue weighted by molar-refractivity contribution is -0.143. The minimum absolute atomic E-state index is 0.238. The molecule has 10 heavy (non-hydrogen) atoms. The van der Waals surface area contributed by atoms with Crippen LogP contribution in [-0.2, 0) is 4.79 Å². The van der Waals surface area contributed by atoms with Crippen molar-refractivity contribution in [1.82, 2.24) is 5.32 Å². The maximum absolute atomic E-state index is 12.1. The topological polar surface area (TPSA) is 29.1 Å². The quantitative estimate of drug-likeness (QED) is 0.630. The molecule has 0 saturated carbocycles. The van der Waals surface area contributed by atoms with Crippen LogP contribution in [0.5, 0.6) is 0 Å². The zero-order valence-electron chi connectivity index (χ0n) is 6.24. The highest BCUT2D eigenvalue weighted by Crippen LogP contribution is 2.10. The number of halogens is 2. The lowest BCUT2D eigenvalue weighted by atomic mass is 10.3. The second kappa shape index (κ2) is 2.94. The summed E-state index contributed by atoms with van der Waals surface area (Å²) in [5.74, 6) is -4.48. The molecule has 0 bridgehead atoms. The molecule has 0 radical (unpaired) electrons. The van der Waals surface area contributed by atoms with Crippen LogP contribution < -0.4 is 5.32 Å². The van der Waals surface area contributed by atoms with Crippen molar-refractivity contribution in [1.29, 1.82) is 0 Å². The highest BCUT2D eigenvalue weighted by molar-refractivity contribution is 5.82. The maximum Gasteiger partial charge on any atom is 0.321 e. The summed E-state index contributed by atoms with van der Waals surface area (Å²) >= 11 is 0. The van der Waals surface area contributed by atoms with Crippen molar-refractivity contribution < 1.29 is 13.6 Å². The van der Waals surface area contributed by atoms with Gasteiger partial charge in [0.25, 0.3) is 5.91 Å². The zero-order valence-corrected chi connectivity index (χ0v) is 6.24. The molecule has 0 rings (SSSR count). The molecule has 4 heteroatoms. The Kier molecular flexibility index (Phi) is 2.75. The Morgan fingerprint density at radius 3 is 2.00 bits per heavy atom. The monoisotopic (exact) mass is 151 g/mol. The summed E-state index contributed by atoms with van der Waals surface area (Å²) in [5, 5.41) is 2.09. The van der Waals surface area contributed by atoms with Crippen LogP contribution in [0.2, 0.25) is 0 Å². The van der Waals surface area contributed by atoms with E-state index in [0.717, 1.165) is 0 Å². The van der Waals surface area contributed by atoms with Gasteiger partial charge in [0, 0.05) is 13.0 Å². The average molecular weight is 151 g/mol. The molecule has 0 aliphatic heterocycles. The number of alkyl halides is 2. The van der Waals surface area contributed by atoms with Crippen molar-refractivity contribution in [2.45, 2.75) is 32.7 Å². The van der Waals surface area contributed by atoms with Gasteiger partial charge in [0.2, 0.25) is 0 Å². The van der Waals surface area contributed by atoms with Gasteiger partial charge < -0.3 is 5.32 Å². The molecule has 0 fully saturated rings. The van der Waals surface area contributed by atoms with Crippen LogP contribution in [0.15, 0.2) is 0 Å². The lowest BCUT2D eigenvalue weighted by Gasteiger charge is -2.12. The van der Waals surface area contributed by atoms with Crippen LogP contribution in [0.3, 0.4) is 0 Å². The Hall–Kier alpha value is -0.670. The van der Waals surface area contributed by atoms with E-state index in [2.05, 4.69) is 5.32 Å². The highest BCUT2D eigenvalue weighted by Gasteiger charge is 2.32. The number of rotatable bonds is 2. The van der Waals surface area contributed by atoms with Gasteiger partial charge in [-0.1, -0.05) is 0 Å². The average Bonchev–Trinajstić information content (AvgIpc) is 1.60. The number of carbonyl (C=O) groups is 1. The fourth-order valence-electron chi connectivity index (χ4n) is 0.389. The number of nitrogens with one attached hydrogen (secondary N) is 1. The van der Waals surface area contributed by atoms with Crippen molar-refractivity contribution in [3.63, 3.8) is 0 Å². The summed E-state index contributed by atoms with van der Waals surface area (Å²) in [6.07, 6.45) is 0. The van der Waals surface area contributed by atoms with E-state index >= 15 is 0 Å². The first kappa shape index (κ1) is 9.33. The molecule has 1 N–H and O–H groups in total. The van der Waals surface area contributed by atoms with Gasteiger partial charge in [0.15, 0.2) is 0 Å². The number of hydrogen-bond acceptors (Lipinski definition) is 1. The van der Waals surface area contributed by atoms with E-state index in [4.69, 9.17) is 0 Å². The third-order valence-corrected chi connectivity index (χ3v) is 0.818. The first-order valence-corrected chi connectivity index (χ1v) is 3.03. The molecule has 0 aromatic heterocycles. The minimum Gasteiger partial charge on any atom is -0.349 e. The Balaban J connectivity index is 3.87. The molecule has 0 atom stereocenters. The van der Waals surface area contributed by atoms with E-state index in [9.17, 15) is 13.6 Å². The second-order valence-electron chi connectivity index (χ2n) is 2.52. The number of hydrogen-bond donors (Lipinski definition) is 1. The van der Waals surface area contributed by atoms with E-state index < -0.39 is 11.8 Å². The van der Waals surface area contributed by atoms with Crippen molar-refractivity contribution in [3.8, 4) is 0 Å². The molecule has 0 saturated heterocycles. The van der Waals surface area contributed by atoms with Crippen molar-refractivity contribution in [2.75, 3.05) is 0 Å². The smallest absolute Gasteiger partial charge is 0.321 e. The summed E-state index contributed by atoms with van der Waals surface area (Å²) in [5.41, 5.74) is 0. The summed E-state index contributed by atoms with van der Waals surface area (Å²) in [4.78, 5) is 10.4. The fraction of sp³-hybridized carbons (Fsp3) is 0.833. The molecule has 0 aliphatic rings. The summed E-state index contributed by atoms with van der Waals surface area (Å²) in [7, 11) is 0. The summed E-state index contributed by atoms with van der Waals surface area (Å²) < 4.78 is 24.1. The van der Waals surface area contributed by atoms with Gasteiger partial charge in [0.1, 0.15) is 0 Å². The highest BCUT2D eigenvalue weighted by atomic mass is 19.3. The predicted molar refractivity (Wildman–Crippen MR) is 33.9 cm³/mol. The molecule has 0 aliphatic carbocycles. The Bertz CT molecular complexity index is 128. The third-order valence-electron chi connectivity index (χ3n) is 0.818. The fourth-order valence-corrected chi connectivity index (χ4v) is 0.389. The Labute approximate surface area is 58.6 Å². The van der Waals surface area contributed by atoms with E-state index in [1.807, 2.05) is 0 Å². The van der Waals surface area contributed by atoms with Gasteiger partial charge in [0.05, 0.1) is 0 Å². The van der Waals surface area contributed by atoms with Crippen LogP contribution in [0, 0.1) is 0 Å². The third kappa shape index (κ3) is 3.37. The van der Waals surface area contributed by atoms with Crippen LogP contribution in [0.25, 0.3) is 0 Å². The van der Waals surface area contributed by atoms with E-state index in [-0.39, 0.29) is 6.04 Å². The van der Waals surface area contributed by atoms with Crippen LogP contribution in [-0.4, -0.2) is 17.9 Å². The number of carbonyl (C=O) groups excluding carboxylic acids is 1. The van der Waals surface area contributed by atoms with Gasteiger partial charge in [-0.2, -0.15) is 8.78 Å². The second-order valence-corrected chi connectivity index (χ2v) is 2.52.